The predicted octanol–water partition coefficient (Wildman–Crippen LogP) is 13.7. The van der Waals surface area contributed by atoms with E-state index in [9.17, 15) is 9.36 Å². The van der Waals surface area contributed by atoms with Crippen molar-refractivity contribution in [1.82, 2.24) is 9.99 Å². The number of hydrogen-bond acceptors (Lipinski definition) is 6. The number of unbranched alkanes of at least 4 members (excludes halogenated alkanes) is 24. The number of rotatable bonds is 42. The first-order chi connectivity index (χ1) is 24.9. The quantitative estimate of drug-likeness (QED) is 0.0379. The van der Waals surface area contributed by atoms with Crippen LogP contribution in [0.15, 0.2) is 0 Å². The van der Waals surface area contributed by atoms with Crippen LogP contribution in [0.3, 0.4) is 0 Å². The van der Waals surface area contributed by atoms with Crippen LogP contribution in [0.25, 0.3) is 0 Å². The molecule has 0 saturated heterocycles. The summed E-state index contributed by atoms with van der Waals surface area (Å²) in [6.07, 6.45) is 37.6. The first kappa shape index (κ1) is 50.5. The third-order valence-electron chi connectivity index (χ3n) is 9.94. The molecule has 0 heterocycles. The molecule has 8 heteroatoms. The Labute approximate surface area is 318 Å². The van der Waals surface area contributed by atoms with E-state index in [0.717, 1.165) is 70.8 Å². The molecule has 0 aliphatic heterocycles. The van der Waals surface area contributed by atoms with Crippen LogP contribution in [-0.2, 0) is 23.1 Å². The van der Waals surface area contributed by atoms with Gasteiger partial charge in [-0.1, -0.05) is 168 Å². The van der Waals surface area contributed by atoms with Gasteiger partial charge in [0.25, 0.3) is 0 Å². The second kappa shape index (κ2) is 39.2. The first-order valence-electron chi connectivity index (χ1n) is 22.3. The van der Waals surface area contributed by atoms with Crippen molar-refractivity contribution in [1.29, 1.82) is 0 Å². The predicted molar refractivity (Wildman–Crippen MR) is 221 cm³/mol. The molecule has 1 atom stereocenters. The Bertz CT molecular complexity index is 753. The second-order valence-corrected chi connectivity index (χ2v) is 17.3. The Morgan fingerprint density at radius 1 is 0.529 bits per heavy atom. The summed E-state index contributed by atoms with van der Waals surface area (Å²) in [4.78, 5) is 14.9. The van der Waals surface area contributed by atoms with Crippen molar-refractivity contribution in [3.63, 3.8) is 0 Å². The van der Waals surface area contributed by atoms with E-state index >= 15 is 0 Å². The summed E-state index contributed by atoms with van der Waals surface area (Å²) in [5.41, 5.74) is 0. The molecule has 0 bridgehead atoms. The highest BCUT2D eigenvalue weighted by Gasteiger charge is 2.23. The summed E-state index contributed by atoms with van der Waals surface area (Å²) in [6.45, 7) is 9.23. The normalized spacial score (nSPS) is 13.0. The molecule has 1 unspecified atom stereocenters. The summed E-state index contributed by atoms with van der Waals surface area (Å²) in [5.74, 6) is -0.0171. The van der Waals surface area contributed by atoms with Gasteiger partial charge >= 0.3 is 13.7 Å². The van der Waals surface area contributed by atoms with Crippen LogP contribution in [-0.4, -0.2) is 57.4 Å². The number of nitrogens with one attached hydrogen (secondary N) is 1. The van der Waals surface area contributed by atoms with E-state index in [4.69, 9.17) is 13.8 Å². The van der Waals surface area contributed by atoms with E-state index in [1.54, 1.807) is 0 Å². The highest BCUT2D eigenvalue weighted by molar-refractivity contribution is 7.51. The van der Waals surface area contributed by atoms with Crippen LogP contribution in [0, 0.1) is 0 Å². The number of carbonyl (C=O) groups is 1. The number of nitrogens with zero attached hydrogens (tertiary/aromatic N) is 1. The lowest BCUT2D eigenvalue weighted by Crippen LogP contribution is -2.21. The van der Waals surface area contributed by atoms with E-state index in [1.165, 1.54) is 135 Å². The molecule has 0 aromatic carbocycles. The van der Waals surface area contributed by atoms with Gasteiger partial charge < -0.3 is 9.64 Å². The monoisotopic (exact) mass is 745 g/mol. The van der Waals surface area contributed by atoms with Crippen molar-refractivity contribution in [2.24, 2.45) is 0 Å². The summed E-state index contributed by atoms with van der Waals surface area (Å²) >= 11 is 0. The molecule has 0 aliphatic rings. The van der Waals surface area contributed by atoms with E-state index in [-0.39, 0.29) is 12.1 Å². The van der Waals surface area contributed by atoms with Gasteiger partial charge in [0.15, 0.2) is 0 Å². The fourth-order valence-corrected chi connectivity index (χ4v) is 8.02. The van der Waals surface area contributed by atoms with E-state index in [1.807, 2.05) is 14.1 Å². The lowest BCUT2D eigenvalue weighted by molar-refractivity contribution is -0.150. The summed E-state index contributed by atoms with van der Waals surface area (Å²) in [5, 5.41) is 3.11. The second-order valence-electron chi connectivity index (χ2n) is 15.5. The van der Waals surface area contributed by atoms with E-state index < -0.39 is 7.75 Å². The number of esters is 1. The third kappa shape index (κ3) is 37.6. The Hall–Kier alpha value is -0.460. The lowest BCUT2D eigenvalue weighted by atomic mass is 10.0. The van der Waals surface area contributed by atoms with Gasteiger partial charge in [-0.2, -0.15) is 0 Å². The number of hydrogen-bond donors (Lipinski definition) is 1. The average molecular weight is 745 g/mol. The Kier molecular flexibility index (Phi) is 38.9. The molecule has 0 saturated carbocycles. The Morgan fingerprint density at radius 3 is 1.31 bits per heavy atom. The van der Waals surface area contributed by atoms with Crippen molar-refractivity contribution in [3.05, 3.63) is 0 Å². The van der Waals surface area contributed by atoms with Crippen molar-refractivity contribution in [2.45, 2.75) is 232 Å². The largest absolute Gasteiger partial charge is 0.462 e. The smallest absolute Gasteiger partial charge is 0.405 e. The minimum absolute atomic E-state index is 0.0171. The van der Waals surface area contributed by atoms with Gasteiger partial charge in [0.2, 0.25) is 0 Å². The fraction of sp³-hybridized carbons (Fsp3) is 0.977. The van der Waals surface area contributed by atoms with Gasteiger partial charge in [-0.3, -0.25) is 13.8 Å². The van der Waals surface area contributed by atoms with Crippen LogP contribution in [0.2, 0.25) is 0 Å². The maximum atomic E-state index is 13.5. The highest BCUT2D eigenvalue weighted by atomic mass is 31.2. The maximum absolute atomic E-state index is 13.5. The van der Waals surface area contributed by atoms with Crippen LogP contribution in [0.5, 0.6) is 0 Å². The topological polar surface area (TPSA) is 77.1 Å². The standard InChI is InChI=1S/C43H89N2O5P/c1-6-9-12-15-18-19-20-21-22-27-32-40-48-51(47,44-38-34-39-45(4)5)49-41-33-28-23-26-31-37-43(46)50-42(35-29-24-16-13-10-7-2)36-30-25-17-14-11-8-3/h42H,6-41H2,1-5H3,(H,44,47). The minimum Gasteiger partial charge on any atom is -0.462 e. The van der Waals surface area contributed by atoms with Crippen LogP contribution in [0.4, 0.5) is 0 Å². The van der Waals surface area contributed by atoms with Crippen LogP contribution < -0.4 is 5.09 Å². The van der Waals surface area contributed by atoms with E-state index in [2.05, 4.69) is 30.8 Å². The molecule has 306 valence electrons. The SMILES string of the molecule is CCCCCCCCCCCCCOP(=O)(NCCCN(C)C)OCCCCCCCC(=O)OC(CCCCCCCC)CCCCCCCC. The molecular formula is C43H89N2O5P. The zero-order chi connectivity index (χ0) is 37.5. The molecule has 0 radical (unpaired) electrons. The number of carbonyl (C=O) groups excluding carboxylic acids is 1. The van der Waals surface area contributed by atoms with Gasteiger partial charge in [-0.15, -0.1) is 0 Å². The zero-order valence-electron chi connectivity index (χ0n) is 35.0. The molecule has 0 rings (SSSR count). The maximum Gasteiger partial charge on any atom is 0.405 e. The minimum atomic E-state index is -3.31. The Morgan fingerprint density at radius 2 is 0.902 bits per heavy atom. The Balaban J connectivity index is 4.30. The van der Waals surface area contributed by atoms with Crippen LogP contribution in [0.1, 0.15) is 226 Å². The van der Waals surface area contributed by atoms with Crippen LogP contribution >= 0.6 is 7.75 Å². The third-order valence-corrected chi connectivity index (χ3v) is 11.6. The molecule has 0 aromatic heterocycles. The van der Waals surface area contributed by atoms with Gasteiger partial charge in [-0.05, 0) is 72.0 Å². The molecule has 0 amide bonds. The first-order valence-corrected chi connectivity index (χ1v) is 23.9. The summed E-state index contributed by atoms with van der Waals surface area (Å²) in [7, 11) is 0.789. The average Bonchev–Trinajstić information content (AvgIpc) is 3.11. The highest BCUT2D eigenvalue weighted by Crippen LogP contribution is 2.44. The molecule has 0 spiro atoms. The van der Waals surface area contributed by atoms with Crippen molar-refractivity contribution in [3.8, 4) is 0 Å². The van der Waals surface area contributed by atoms with Crippen molar-refractivity contribution >= 4 is 13.7 Å². The molecule has 0 aliphatic carbocycles. The van der Waals surface area contributed by atoms with Gasteiger partial charge in [0, 0.05) is 13.0 Å². The molecule has 51 heavy (non-hydrogen) atoms. The molecule has 1 N–H and O–H groups in total. The number of ether oxygens (including phenoxy) is 1. The summed E-state index contributed by atoms with van der Waals surface area (Å²) in [6, 6.07) is 0. The van der Waals surface area contributed by atoms with Gasteiger partial charge in [-0.25, -0.2) is 9.65 Å². The van der Waals surface area contributed by atoms with Gasteiger partial charge in [0.05, 0.1) is 13.2 Å². The van der Waals surface area contributed by atoms with Crippen molar-refractivity contribution < 1.29 is 23.1 Å². The van der Waals surface area contributed by atoms with Gasteiger partial charge in [0.1, 0.15) is 6.10 Å². The molecule has 0 fully saturated rings. The molecular weight excluding hydrogens is 655 g/mol. The summed E-state index contributed by atoms with van der Waals surface area (Å²) < 4.78 is 31.2. The molecule has 0 aromatic rings. The molecule has 7 nitrogen and oxygen atoms in total. The zero-order valence-corrected chi connectivity index (χ0v) is 35.9. The lowest BCUT2D eigenvalue weighted by Gasteiger charge is -2.20. The van der Waals surface area contributed by atoms with Crippen molar-refractivity contribution in [2.75, 3.05) is 40.4 Å². The fourth-order valence-electron chi connectivity index (χ4n) is 6.59. The van der Waals surface area contributed by atoms with E-state index in [0.29, 0.717) is 26.2 Å².